The molecule has 0 spiro atoms. The Bertz CT molecular complexity index is 512. The summed E-state index contributed by atoms with van der Waals surface area (Å²) < 4.78 is 78.1. The van der Waals surface area contributed by atoms with Crippen molar-refractivity contribution < 1.29 is 35.1 Å². The molecule has 0 atom stereocenters. The van der Waals surface area contributed by atoms with Crippen molar-refractivity contribution in [2.75, 3.05) is 0 Å². The standard InChI is InChI=1S/C9H9F4NO4S/c1-3-8(10,11)9(12,13)19(16,17)18-14-6(2)4-5-7(14)15/h3H,1-2,4-5H2. The van der Waals surface area contributed by atoms with Crippen LogP contribution in [0.2, 0.25) is 0 Å². The minimum Gasteiger partial charge on any atom is -0.272 e. The topological polar surface area (TPSA) is 63.7 Å². The number of alkyl halides is 4. The molecule has 10 heteroatoms. The normalized spacial score (nSPS) is 18.0. The molecule has 1 fully saturated rings. The van der Waals surface area contributed by atoms with Crippen LogP contribution in [-0.2, 0) is 19.2 Å². The lowest BCUT2D eigenvalue weighted by atomic mass is 10.3. The highest BCUT2D eigenvalue weighted by atomic mass is 32.2. The Morgan fingerprint density at radius 1 is 1.26 bits per heavy atom. The fourth-order valence-electron chi connectivity index (χ4n) is 1.16. The lowest BCUT2D eigenvalue weighted by Gasteiger charge is -2.25. The van der Waals surface area contributed by atoms with E-state index in [1.165, 1.54) is 0 Å². The predicted molar refractivity (Wildman–Crippen MR) is 55.3 cm³/mol. The summed E-state index contributed by atoms with van der Waals surface area (Å²) in [6.07, 6.45) is -0.746. The number of amides is 1. The van der Waals surface area contributed by atoms with Crippen molar-refractivity contribution in [2.45, 2.75) is 24.0 Å². The van der Waals surface area contributed by atoms with E-state index in [9.17, 15) is 30.8 Å². The number of hydroxylamine groups is 2. The Morgan fingerprint density at radius 3 is 2.16 bits per heavy atom. The second-order valence-electron chi connectivity index (χ2n) is 3.63. The van der Waals surface area contributed by atoms with Crippen LogP contribution in [0.5, 0.6) is 0 Å². The number of allylic oxidation sites excluding steroid dienone is 2. The number of nitrogens with zero attached hydrogens (tertiary/aromatic N) is 1. The minimum atomic E-state index is -6.09. The molecule has 5 nitrogen and oxygen atoms in total. The first-order valence-corrected chi connectivity index (χ1v) is 6.21. The van der Waals surface area contributed by atoms with Gasteiger partial charge in [0.15, 0.2) is 0 Å². The van der Waals surface area contributed by atoms with Gasteiger partial charge in [0.05, 0.1) is 0 Å². The fraction of sp³-hybridized carbons (Fsp3) is 0.444. The van der Waals surface area contributed by atoms with Crippen molar-refractivity contribution in [3.63, 3.8) is 0 Å². The third-order valence-electron chi connectivity index (χ3n) is 2.27. The molecule has 0 radical (unpaired) electrons. The highest BCUT2D eigenvalue weighted by Crippen LogP contribution is 2.41. The van der Waals surface area contributed by atoms with E-state index < -0.39 is 33.3 Å². The van der Waals surface area contributed by atoms with E-state index in [2.05, 4.69) is 17.4 Å². The summed E-state index contributed by atoms with van der Waals surface area (Å²) in [6, 6.07) is 0. The molecule has 0 aromatic rings. The molecular formula is C9H9F4NO4S. The molecule has 1 aliphatic rings. The Labute approximate surface area is 106 Å². The van der Waals surface area contributed by atoms with Gasteiger partial charge in [-0.3, -0.25) is 4.79 Å². The highest BCUT2D eigenvalue weighted by molar-refractivity contribution is 7.87. The zero-order valence-electron chi connectivity index (χ0n) is 9.41. The van der Waals surface area contributed by atoms with Crippen molar-refractivity contribution in [3.05, 3.63) is 24.9 Å². The molecule has 0 bridgehead atoms. The van der Waals surface area contributed by atoms with Gasteiger partial charge in [0, 0.05) is 12.1 Å². The van der Waals surface area contributed by atoms with Gasteiger partial charge in [0.2, 0.25) is 0 Å². The van der Waals surface area contributed by atoms with Crippen LogP contribution in [0, 0.1) is 0 Å². The number of rotatable bonds is 5. The second kappa shape index (κ2) is 4.60. The molecule has 108 valence electrons. The minimum absolute atomic E-state index is 0.0161. The smallest absolute Gasteiger partial charge is 0.272 e. The third-order valence-corrected chi connectivity index (χ3v) is 3.52. The van der Waals surface area contributed by atoms with E-state index in [4.69, 9.17) is 0 Å². The van der Waals surface area contributed by atoms with Crippen LogP contribution < -0.4 is 0 Å². The summed E-state index contributed by atoms with van der Waals surface area (Å²) in [6.45, 7) is 5.62. The summed E-state index contributed by atoms with van der Waals surface area (Å²) in [7, 11) is -6.09. The van der Waals surface area contributed by atoms with Crippen molar-refractivity contribution in [2.24, 2.45) is 0 Å². The molecular weight excluding hydrogens is 294 g/mol. The van der Waals surface area contributed by atoms with Gasteiger partial charge in [-0.15, -0.1) is 4.28 Å². The van der Waals surface area contributed by atoms with E-state index in [1.807, 2.05) is 0 Å². The van der Waals surface area contributed by atoms with E-state index in [0.29, 0.717) is 0 Å². The van der Waals surface area contributed by atoms with Crippen LogP contribution in [0.1, 0.15) is 12.8 Å². The largest absolute Gasteiger partial charge is 0.437 e. The molecule has 1 heterocycles. The van der Waals surface area contributed by atoms with Crippen LogP contribution in [0.4, 0.5) is 17.6 Å². The lowest BCUT2D eigenvalue weighted by Crippen LogP contribution is -2.48. The van der Waals surface area contributed by atoms with Gasteiger partial charge in [-0.05, 0) is 12.5 Å². The molecule has 1 saturated heterocycles. The molecule has 19 heavy (non-hydrogen) atoms. The maximum atomic E-state index is 13.2. The molecule has 1 amide bonds. The number of halogens is 4. The van der Waals surface area contributed by atoms with E-state index in [-0.39, 0.29) is 23.6 Å². The second-order valence-corrected chi connectivity index (χ2v) is 5.20. The predicted octanol–water partition coefficient (Wildman–Crippen LogP) is 1.80. The number of hydrogen-bond acceptors (Lipinski definition) is 4. The Hall–Kier alpha value is -1.42. The Balaban J connectivity index is 3.09. The molecule has 0 aromatic heterocycles. The van der Waals surface area contributed by atoms with Gasteiger partial charge in [0.1, 0.15) is 0 Å². The van der Waals surface area contributed by atoms with Gasteiger partial charge in [-0.2, -0.15) is 31.0 Å². The first-order chi connectivity index (χ1) is 8.46. The zero-order valence-corrected chi connectivity index (χ0v) is 10.2. The highest BCUT2D eigenvalue weighted by Gasteiger charge is 2.66. The average Bonchev–Trinajstić information content (AvgIpc) is 2.60. The molecule has 0 N–H and O–H groups in total. The third kappa shape index (κ3) is 2.50. The van der Waals surface area contributed by atoms with Gasteiger partial charge < -0.3 is 0 Å². The average molecular weight is 303 g/mol. The summed E-state index contributed by atoms with van der Waals surface area (Å²) >= 11 is 0. The van der Waals surface area contributed by atoms with E-state index >= 15 is 0 Å². The van der Waals surface area contributed by atoms with E-state index in [1.54, 1.807) is 0 Å². The number of carbonyl (C=O) groups excluding carboxylic acids is 1. The summed E-state index contributed by atoms with van der Waals surface area (Å²) in [5.41, 5.74) is -0.216. The first-order valence-electron chi connectivity index (χ1n) is 4.80. The maximum Gasteiger partial charge on any atom is 0.437 e. The first kappa shape index (κ1) is 15.6. The molecule has 0 aliphatic carbocycles. The molecule has 0 unspecified atom stereocenters. The number of hydrogen-bond donors (Lipinski definition) is 0. The van der Waals surface area contributed by atoms with Crippen molar-refractivity contribution >= 4 is 16.0 Å². The molecule has 1 aliphatic heterocycles. The zero-order chi connectivity index (χ0) is 15.1. The quantitative estimate of drug-likeness (QED) is 0.574. The Morgan fingerprint density at radius 2 is 1.79 bits per heavy atom. The van der Waals surface area contributed by atoms with Crippen LogP contribution in [0.25, 0.3) is 0 Å². The summed E-state index contributed by atoms with van der Waals surface area (Å²) in [5, 5.41) is -5.59. The van der Waals surface area contributed by atoms with Gasteiger partial charge >= 0.3 is 21.3 Å². The van der Waals surface area contributed by atoms with Crippen LogP contribution >= 0.6 is 0 Å². The lowest BCUT2D eigenvalue weighted by molar-refractivity contribution is -0.154. The molecule has 1 rings (SSSR count). The molecule has 0 saturated carbocycles. The van der Waals surface area contributed by atoms with Crippen LogP contribution in [0.15, 0.2) is 24.9 Å². The molecule has 0 aromatic carbocycles. The summed E-state index contributed by atoms with van der Waals surface area (Å²) in [4.78, 5) is 11.1. The van der Waals surface area contributed by atoms with Crippen molar-refractivity contribution in [1.29, 1.82) is 0 Å². The fourth-order valence-corrected chi connectivity index (χ4v) is 2.05. The van der Waals surface area contributed by atoms with Crippen LogP contribution in [0.3, 0.4) is 0 Å². The maximum absolute atomic E-state index is 13.2. The van der Waals surface area contributed by atoms with Crippen molar-refractivity contribution in [3.8, 4) is 0 Å². The Kier molecular flexibility index (Phi) is 3.79. The number of carbonyl (C=O) groups is 1. The van der Waals surface area contributed by atoms with Crippen molar-refractivity contribution in [1.82, 2.24) is 5.06 Å². The van der Waals surface area contributed by atoms with Gasteiger partial charge in [0.25, 0.3) is 5.91 Å². The van der Waals surface area contributed by atoms with Gasteiger partial charge in [-0.25, -0.2) is 0 Å². The summed E-state index contributed by atoms with van der Waals surface area (Å²) in [5.74, 6) is -6.01. The van der Waals surface area contributed by atoms with Gasteiger partial charge in [-0.1, -0.05) is 13.2 Å². The SMILES string of the molecule is C=CC(F)(F)C(F)(F)S(=O)(=O)ON1C(=C)CCC1=O. The van der Waals surface area contributed by atoms with Crippen LogP contribution in [-0.4, -0.2) is 30.6 Å². The van der Waals surface area contributed by atoms with E-state index in [0.717, 1.165) is 0 Å². The monoisotopic (exact) mass is 303 g/mol.